The molecule has 0 saturated carbocycles. The number of hydrogen-bond donors (Lipinski definition) is 2. The van der Waals surface area contributed by atoms with Crippen LogP contribution in [-0.2, 0) is 0 Å². The Hall–Kier alpha value is -3.48. The Balaban J connectivity index is 1.96. The molecule has 3 N–H and O–H groups in total. The maximum absolute atomic E-state index is 12.2. The Morgan fingerprint density at radius 3 is 2.39 bits per heavy atom. The Morgan fingerprint density at radius 1 is 1.04 bits per heavy atom. The molecule has 0 radical (unpaired) electrons. The van der Waals surface area contributed by atoms with Gasteiger partial charge in [0, 0.05) is 23.5 Å². The average Bonchev–Trinajstić information content (AvgIpc) is 3.00. The summed E-state index contributed by atoms with van der Waals surface area (Å²) in [5.74, 6) is -1.26. The smallest absolute Gasteiger partial charge is 0.258 e. The van der Waals surface area contributed by atoms with Crippen molar-refractivity contribution in [1.82, 2.24) is 10.1 Å². The van der Waals surface area contributed by atoms with Crippen LogP contribution in [0.5, 0.6) is 0 Å². The normalized spacial score (nSPS) is 10.3. The molecule has 0 aliphatic carbocycles. The third kappa shape index (κ3) is 2.93. The molecule has 23 heavy (non-hydrogen) atoms. The zero-order valence-electron chi connectivity index (χ0n) is 11.9. The second kappa shape index (κ2) is 6.10. The van der Waals surface area contributed by atoms with Gasteiger partial charge in [-0.05, 0) is 24.3 Å². The number of hydrogen-bond acceptors (Lipinski definition) is 5. The number of carbonyl (C=O) groups excluding carboxylic acids is 2. The monoisotopic (exact) mass is 308 g/mol. The van der Waals surface area contributed by atoms with Crippen LogP contribution >= 0.6 is 0 Å². The summed E-state index contributed by atoms with van der Waals surface area (Å²) in [6, 6.07) is 11.8. The zero-order chi connectivity index (χ0) is 16.2. The number of aromatic nitrogens is 2. The van der Waals surface area contributed by atoms with Crippen molar-refractivity contribution in [2.75, 3.05) is 5.32 Å². The van der Waals surface area contributed by atoms with E-state index < -0.39 is 11.8 Å². The molecule has 0 bridgehead atoms. The lowest BCUT2D eigenvalue weighted by molar-refractivity contribution is 0.100. The van der Waals surface area contributed by atoms with Gasteiger partial charge in [0.05, 0.1) is 0 Å². The second-order valence-corrected chi connectivity index (χ2v) is 4.66. The van der Waals surface area contributed by atoms with E-state index in [2.05, 4.69) is 15.5 Å². The van der Waals surface area contributed by atoms with Gasteiger partial charge in [-0.3, -0.25) is 19.9 Å². The van der Waals surface area contributed by atoms with Crippen molar-refractivity contribution in [1.29, 1.82) is 0 Å². The van der Waals surface area contributed by atoms with E-state index in [9.17, 15) is 9.59 Å². The van der Waals surface area contributed by atoms with Gasteiger partial charge in [0.25, 0.3) is 11.8 Å². The van der Waals surface area contributed by atoms with Gasteiger partial charge in [-0.2, -0.15) is 0 Å². The maximum atomic E-state index is 12.2. The lowest BCUT2D eigenvalue weighted by Crippen LogP contribution is -2.17. The molecule has 114 valence electrons. The summed E-state index contributed by atoms with van der Waals surface area (Å²) in [6.07, 6.45) is 3.11. The van der Waals surface area contributed by atoms with Crippen molar-refractivity contribution in [3.05, 3.63) is 66.0 Å². The van der Waals surface area contributed by atoms with Crippen molar-refractivity contribution in [3.8, 4) is 11.3 Å². The standard InChI is InChI=1S/C16H12N4O3/c17-14(21)12-13(10-6-8-18-9-7-10)20-23-16(12)19-15(22)11-4-2-1-3-5-11/h1-9H,(H2,17,21)(H,19,22). The molecular formula is C16H12N4O3. The molecule has 2 heterocycles. The van der Waals surface area contributed by atoms with Crippen LogP contribution in [0.3, 0.4) is 0 Å². The fourth-order valence-electron chi connectivity index (χ4n) is 2.08. The Morgan fingerprint density at radius 2 is 1.74 bits per heavy atom. The quantitative estimate of drug-likeness (QED) is 0.766. The Labute approximate surface area is 131 Å². The minimum atomic E-state index is -0.749. The molecule has 0 atom stereocenters. The van der Waals surface area contributed by atoms with E-state index in [1.165, 1.54) is 0 Å². The fourth-order valence-corrected chi connectivity index (χ4v) is 2.08. The fraction of sp³-hybridized carbons (Fsp3) is 0. The summed E-state index contributed by atoms with van der Waals surface area (Å²) in [4.78, 5) is 27.8. The van der Waals surface area contributed by atoms with Gasteiger partial charge < -0.3 is 10.3 Å². The number of pyridine rings is 1. The van der Waals surface area contributed by atoms with Gasteiger partial charge in [-0.15, -0.1) is 0 Å². The van der Waals surface area contributed by atoms with Gasteiger partial charge in [-0.25, -0.2) is 0 Å². The van der Waals surface area contributed by atoms with Gasteiger partial charge in [0.2, 0.25) is 5.88 Å². The van der Waals surface area contributed by atoms with E-state index in [0.717, 1.165) is 0 Å². The molecule has 0 saturated heterocycles. The van der Waals surface area contributed by atoms with Crippen molar-refractivity contribution >= 4 is 17.7 Å². The number of rotatable bonds is 4. The highest BCUT2D eigenvalue weighted by molar-refractivity contribution is 6.09. The topological polar surface area (TPSA) is 111 Å². The highest BCUT2D eigenvalue weighted by Crippen LogP contribution is 2.28. The first kappa shape index (κ1) is 14.5. The first-order chi connectivity index (χ1) is 11.2. The molecule has 1 aromatic carbocycles. The molecule has 3 aromatic rings. The summed E-state index contributed by atoms with van der Waals surface area (Å²) in [6.45, 7) is 0. The van der Waals surface area contributed by atoms with E-state index in [-0.39, 0.29) is 17.1 Å². The maximum Gasteiger partial charge on any atom is 0.258 e. The third-order valence-corrected chi connectivity index (χ3v) is 3.16. The minimum absolute atomic E-state index is 0.0143. The molecule has 3 rings (SSSR count). The predicted molar refractivity (Wildman–Crippen MR) is 82.6 cm³/mol. The molecule has 0 fully saturated rings. The van der Waals surface area contributed by atoms with Crippen molar-refractivity contribution in [2.45, 2.75) is 0 Å². The van der Waals surface area contributed by atoms with Gasteiger partial charge >= 0.3 is 0 Å². The van der Waals surface area contributed by atoms with E-state index in [1.807, 2.05) is 0 Å². The minimum Gasteiger partial charge on any atom is -0.365 e. The first-order valence-corrected chi connectivity index (χ1v) is 6.73. The van der Waals surface area contributed by atoms with E-state index in [1.54, 1.807) is 54.9 Å². The van der Waals surface area contributed by atoms with Crippen LogP contribution in [-0.4, -0.2) is 22.0 Å². The van der Waals surface area contributed by atoms with Gasteiger partial charge in [-0.1, -0.05) is 23.4 Å². The lowest BCUT2D eigenvalue weighted by atomic mass is 10.1. The number of amides is 2. The molecular weight excluding hydrogens is 296 g/mol. The number of nitrogens with two attached hydrogens (primary N) is 1. The molecule has 0 aliphatic heterocycles. The van der Waals surface area contributed by atoms with Crippen LogP contribution in [0.1, 0.15) is 20.7 Å². The number of anilines is 1. The van der Waals surface area contributed by atoms with Crippen molar-refractivity contribution < 1.29 is 14.1 Å². The number of primary amides is 1. The van der Waals surface area contributed by atoms with Crippen LogP contribution in [0.4, 0.5) is 5.88 Å². The van der Waals surface area contributed by atoms with Gasteiger partial charge in [0.1, 0.15) is 11.3 Å². The van der Waals surface area contributed by atoms with E-state index in [4.69, 9.17) is 10.3 Å². The number of nitrogens with one attached hydrogen (secondary N) is 1. The third-order valence-electron chi connectivity index (χ3n) is 3.16. The summed E-state index contributed by atoms with van der Waals surface area (Å²) < 4.78 is 5.10. The highest BCUT2D eigenvalue weighted by Gasteiger charge is 2.23. The Bertz CT molecular complexity index is 844. The zero-order valence-corrected chi connectivity index (χ0v) is 11.9. The molecule has 2 aromatic heterocycles. The number of carbonyl (C=O) groups is 2. The van der Waals surface area contributed by atoms with Crippen LogP contribution < -0.4 is 11.1 Å². The van der Waals surface area contributed by atoms with Crippen LogP contribution in [0.15, 0.2) is 59.4 Å². The van der Waals surface area contributed by atoms with Crippen LogP contribution in [0.25, 0.3) is 11.3 Å². The van der Waals surface area contributed by atoms with E-state index >= 15 is 0 Å². The van der Waals surface area contributed by atoms with Crippen LogP contribution in [0.2, 0.25) is 0 Å². The van der Waals surface area contributed by atoms with Crippen molar-refractivity contribution in [3.63, 3.8) is 0 Å². The average molecular weight is 308 g/mol. The number of benzene rings is 1. The summed E-state index contributed by atoms with van der Waals surface area (Å²) in [7, 11) is 0. The van der Waals surface area contributed by atoms with Gasteiger partial charge in [0.15, 0.2) is 0 Å². The first-order valence-electron chi connectivity index (χ1n) is 6.73. The molecule has 0 aliphatic rings. The highest BCUT2D eigenvalue weighted by atomic mass is 16.5. The SMILES string of the molecule is NC(=O)c1c(-c2ccncc2)noc1NC(=O)c1ccccc1. The predicted octanol–water partition coefficient (Wildman–Crippen LogP) is 2.09. The molecule has 7 heteroatoms. The van der Waals surface area contributed by atoms with E-state index in [0.29, 0.717) is 11.1 Å². The summed E-state index contributed by atoms with van der Waals surface area (Å²) in [5, 5.41) is 6.35. The summed E-state index contributed by atoms with van der Waals surface area (Å²) >= 11 is 0. The molecule has 7 nitrogen and oxygen atoms in total. The molecule has 2 amide bonds. The van der Waals surface area contributed by atoms with Crippen LogP contribution in [0, 0.1) is 0 Å². The number of nitrogens with zero attached hydrogens (tertiary/aromatic N) is 2. The largest absolute Gasteiger partial charge is 0.365 e. The second-order valence-electron chi connectivity index (χ2n) is 4.66. The molecule has 0 spiro atoms. The Kier molecular flexibility index (Phi) is 3.84. The summed E-state index contributed by atoms with van der Waals surface area (Å²) in [5.41, 5.74) is 6.70. The lowest BCUT2D eigenvalue weighted by Gasteiger charge is -2.03. The molecule has 0 unspecified atom stereocenters. The van der Waals surface area contributed by atoms with Crippen molar-refractivity contribution in [2.24, 2.45) is 5.73 Å².